The van der Waals surface area contributed by atoms with Gasteiger partial charge in [0.25, 0.3) is 0 Å². The van der Waals surface area contributed by atoms with Gasteiger partial charge in [-0.25, -0.2) is 0 Å². The highest BCUT2D eigenvalue weighted by atomic mass is 19.4. The van der Waals surface area contributed by atoms with E-state index in [1.165, 1.54) is 6.07 Å². The second-order valence-electron chi connectivity index (χ2n) is 4.35. The molecule has 1 aliphatic carbocycles. The molecule has 1 aromatic rings. The van der Waals surface area contributed by atoms with Gasteiger partial charge in [-0.15, -0.1) is 0 Å². The fourth-order valence-corrected chi connectivity index (χ4v) is 1.83. The minimum Gasteiger partial charge on any atom is -0.399 e. The van der Waals surface area contributed by atoms with Crippen LogP contribution < -0.4 is 10.7 Å². The summed E-state index contributed by atoms with van der Waals surface area (Å²) in [6, 6.07) is 4.53. The summed E-state index contributed by atoms with van der Waals surface area (Å²) < 4.78 is 37.7. The van der Waals surface area contributed by atoms with Gasteiger partial charge >= 0.3 is 6.18 Å². The number of nitrogen functional groups attached to an aromatic ring is 1. The number of nitrogens with two attached hydrogens (primary N) is 1. The van der Waals surface area contributed by atoms with E-state index in [1.54, 1.807) is 12.1 Å². The molecule has 0 unspecified atom stereocenters. The first-order valence-corrected chi connectivity index (χ1v) is 5.57. The van der Waals surface area contributed by atoms with Gasteiger partial charge in [0.2, 0.25) is 5.84 Å². The Kier molecular flexibility index (Phi) is 3.17. The van der Waals surface area contributed by atoms with Crippen molar-refractivity contribution >= 4 is 17.2 Å². The van der Waals surface area contributed by atoms with Crippen LogP contribution in [0.3, 0.4) is 0 Å². The molecule has 0 bridgehead atoms. The lowest BCUT2D eigenvalue weighted by atomic mass is 10.1. The van der Waals surface area contributed by atoms with Crippen LogP contribution in [0.5, 0.6) is 0 Å². The van der Waals surface area contributed by atoms with E-state index < -0.39 is 12.0 Å². The van der Waals surface area contributed by atoms with Crippen molar-refractivity contribution in [2.45, 2.75) is 24.9 Å². The van der Waals surface area contributed by atoms with Crippen molar-refractivity contribution in [1.82, 2.24) is 0 Å². The lowest BCUT2D eigenvalue weighted by Crippen LogP contribution is -2.37. The van der Waals surface area contributed by atoms with Crippen molar-refractivity contribution in [3.05, 3.63) is 23.8 Å². The summed E-state index contributed by atoms with van der Waals surface area (Å²) >= 11 is 0. The number of nitrogens with zero attached hydrogens (tertiary/aromatic N) is 2. The Hall–Kier alpha value is -2.12. The Labute approximate surface area is 107 Å². The monoisotopic (exact) mass is 271 g/mol. The first-order valence-electron chi connectivity index (χ1n) is 5.57. The standard InChI is InChI=1S/C11H12F3N5/c12-11(13,14)10(16)19(18-17)9-5-7(15)3-4-8(9)6-1-2-6/h3-6,16-17H,1-2,15H2. The summed E-state index contributed by atoms with van der Waals surface area (Å²) in [5.41, 5.74) is 13.4. The van der Waals surface area contributed by atoms with Gasteiger partial charge in [-0.3, -0.25) is 5.41 Å². The Morgan fingerprint density at radius 1 is 1.37 bits per heavy atom. The van der Waals surface area contributed by atoms with Crippen molar-refractivity contribution in [2.24, 2.45) is 5.22 Å². The summed E-state index contributed by atoms with van der Waals surface area (Å²) in [5, 5.41) is 10.2. The summed E-state index contributed by atoms with van der Waals surface area (Å²) in [6.07, 6.45) is -3.11. The van der Waals surface area contributed by atoms with Gasteiger partial charge in [-0.1, -0.05) is 11.3 Å². The number of benzene rings is 1. The molecule has 0 saturated heterocycles. The van der Waals surface area contributed by atoms with Crippen LogP contribution in [0, 0.1) is 10.9 Å². The Morgan fingerprint density at radius 2 is 2.00 bits per heavy atom. The molecule has 1 aromatic carbocycles. The maximum absolute atomic E-state index is 12.6. The molecule has 0 radical (unpaired) electrons. The van der Waals surface area contributed by atoms with Crippen LogP contribution in [-0.4, -0.2) is 12.0 Å². The summed E-state index contributed by atoms with van der Waals surface area (Å²) in [4.78, 5) is 0. The fraction of sp³-hybridized carbons (Fsp3) is 0.364. The van der Waals surface area contributed by atoms with Crippen LogP contribution in [0.4, 0.5) is 24.5 Å². The number of hydrogen-bond acceptors (Lipinski definition) is 4. The molecule has 0 aliphatic heterocycles. The highest BCUT2D eigenvalue weighted by molar-refractivity contribution is 5.99. The van der Waals surface area contributed by atoms with Gasteiger partial charge in [0.05, 0.1) is 5.69 Å². The maximum Gasteiger partial charge on any atom is 0.451 e. The fourth-order valence-electron chi connectivity index (χ4n) is 1.83. The molecule has 1 aliphatic rings. The average Bonchev–Trinajstić information content (AvgIpc) is 3.13. The quantitative estimate of drug-likeness (QED) is 0.258. The van der Waals surface area contributed by atoms with Crippen molar-refractivity contribution in [1.29, 1.82) is 10.9 Å². The van der Waals surface area contributed by atoms with Gasteiger partial charge in [0.15, 0.2) is 0 Å². The van der Waals surface area contributed by atoms with E-state index in [4.69, 9.17) is 16.7 Å². The number of hydrogen-bond donors (Lipinski definition) is 3. The van der Waals surface area contributed by atoms with E-state index in [-0.39, 0.29) is 22.3 Å². The molecule has 1 saturated carbocycles. The van der Waals surface area contributed by atoms with Gasteiger partial charge in [0.1, 0.15) is 0 Å². The Morgan fingerprint density at radius 3 is 2.47 bits per heavy atom. The number of anilines is 2. The SMILES string of the molecule is N=NN(C(=N)C(F)(F)F)c1cc(N)ccc1C1CC1. The third-order valence-corrected chi connectivity index (χ3v) is 2.88. The second kappa shape index (κ2) is 4.52. The van der Waals surface area contributed by atoms with Crippen LogP contribution in [0.15, 0.2) is 23.4 Å². The van der Waals surface area contributed by atoms with Gasteiger partial charge < -0.3 is 5.73 Å². The molecule has 0 atom stereocenters. The first kappa shape index (κ1) is 13.3. The number of halogens is 3. The molecule has 4 N–H and O–H groups in total. The molecule has 1 fully saturated rings. The summed E-state index contributed by atoms with van der Waals surface area (Å²) in [6.45, 7) is 0. The molecular weight excluding hydrogens is 259 g/mol. The Bertz CT molecular complexity index is 522. The molecule has 0 spiro atoms. The predicted molar refractivity (Wildman–Crippen MR) is 64.2 cm³/mol. The average molecular weight is 271 g/mol. The zero-order valence-electron chi connectivity index (χ0n) is 9.83. The molecule has 102 valence electrons. The largest absolute Gasteiger partial charge is 0.451 e. The molecule has 2 rings (SSSR count). The lowest BCUT2D eigenvalue weighted by Gasteiger charge is -2.22. The molecule has 19 heavy (non-hydrogen) atoms. The summed E-state index contributed by atoms with van der Waals surface area (Å²) in [7, 11) is 0. The third kappa shape index (κ3) is 2.67. The van der Waals surface area contributed by atoms with Gasteiger partial charge in [-0.2, -0.15) is 23.7 Å². The zero-order valence-corrected chi connectivity index (χ0v) is 9.83. The highest BCUT2D eigenvalue weighted by Crippen LogP contribution is 2.45. The van der Waals surface area contributed by atoms with E-state index >= 15 is 0 Å². The smallest absolute Gasteiger partial charge is 0.399 e. The van der Waals surface area contributed by atoms with Crippen molar-refractivity contribution < 1.29 is 13.2 Å². The number of rotatable bonds is 3. The van der Waals surface area contributed by atoms with E-state index in [0.29, 0.717) is 5.56 Å². The number of amidine groups is 1. The van der Waals surface area contributed by atoms with Crippen LogP contribution in [0.25, 0.3) is 0 Å². The molecular formula is C11H12F3N5. The molecule has 8 heteroatoms. The van der Waals surface area contributed by atoms with E-state index in [0.717, 1.165) is 12.8 Å². The minimum absolute atomic E-state index is 0.0554. The van der Waals surface area contributed by atoms with Crippen LogP contribution in [0.1, 0.15) is 24.3 Å². The molecule has 5 nitrogen and oxygen atoms in total. The van der Waals surface area contributed by atoms with E-state index in [1.807, 2.05) is 0 Å². The van der Waals surface area contributed by atoms with Crippen LogP contribution in [0.2, 0.25) is 0 Å². The predicted octanol–water partition coefficient (Wildman–Crippen LogP) is 3.44. The normalized spacial score (nSPS) is 15.1. The van der Waals surface area contributed by atoms with Gasteiger partial charge in [-0.05, 0) is 36.5 Å². The second-order valence-corrected chi connectivity index (χ2v) is 4.35. The molecule has 0 amide bonds. The number of alkyl halides is 3. The number of nitrogens with one attached hydrogen (secondary N) is 2. The third-order valence-electron chi connectivity index (χ3n) is 2.88. The zero-order chi connectivity index (χ0) is 14.2. The molecule has 0 aromatic heterocycles. The topological polar surface area (TPSA) is 89.3 Å². The van der Waals surface area contributed by atoms with Crippen molar-refractivity contribution in [2.75, 3.05) is 10.7 Å². The highest BCUT2D eigenvalue weighted by Gasteiger charge is 2.41. The van der Waals surface area contributed by atoms with Crippen molar-refractivity contribution in [3.8, 4) is 0 Å². The first-order chi connectivity index (χ1) is 8.84. The van der Waals surface area contributed by atoms with E-state index in [9.17, 15) is 13.2 Å². The molecule has 0 heterocycles. The minimum atomic E-state index is -4.87. The maximum atomic E-state index is 12.6. The van der Waals surface area contributed by atoms with E-state index in [2.05, 4.69) is 5.22 Å². The summed E-state index contributed by atoms with van der Waals surface area (Å²) in [5.74, 6) is -1.55. The van der Waals surface area contributed by atoms with Crippen LogP contribution in [-0.2, 0) is 0 Å². The Balaban J connectivity index is 2.45. The van der Waals surface area contributed by atoms with Gasteiger partial charge in [0, 0.05) is 5.69 Å². The van der Waals surface area contributed by atoms with Crippen LogP contribution >= 0.6 is 0 Å². The lowest BCUT2D eigenvalue weighted by molar-refractivity contribution is -0.0610. The van der Waals surface area contributed by atoms with Crippen molar-refractivity contribution in [3.63, 3.8) is 0 Å².